The molecule has 0 aliphatic heterocycles. The monoisotopic (exact) mass is 1080 g/mol. The van der Waals surface area contributed by atoms with E-state index >= 15 is 0 Å². The third kappa shape index (κ3) is 7.12. The van der Waals surface area contributed by atoms with Crippen molar-refractivity contribution in [1.82, 2.24) is 0 Å². The number of rotatable bonds is 8. The average molecular weight is 1080 g/mol. The highest BCUT2D eigenvalue weighted by atomic mass is 35.5. The molecule has 0 N–H and O–H groups in total. The summed E-state index contributed by atoms with van der Waals surface area (Å²) >= 11 is 16.0. The topological polar surface area (TPSA) is 0 Å². The molecule has 14 aromatic rings. The molecule has 0 heterocycles. The Labute approximate surface area is 487 Å². The zero-order valence-corrected chi connectivity index (χ0v) is 46.7. The molecule has 0 spiro atoms. The van der Waals surface area contributed by atoms with Gasteiger partial charge in [-0.05, 0) is 157 Å². The quantitative estimate of drug-likeness (QED) is 0.142. The van der Waals surface area contributed by atoms with Gasteiger partial charge in [-0.25, -0.2) is 0 Å². The first kappa shape index (κ1) is 48.4. The van der Waals surface area contributed by atoms with Crippen LogP contribution in [0.3, 0.4) is 0 Å². The largest absolute Gasteiger partial charge is 0.0829 e. The zero-order chi connectivity index (χ0) is 54.7. The minimum Gasteiger partial charge on any atom is -0.0829 e. The number of hydrogen-bond donors (Lipinski definition) is 0. The summed E-state index contributed by atoms with van der Waals surface area (Å²) in [7, 11) is 0. The summed E-state index contributed by atoms with van der Waals surface area (Å²) in [6.45, 7) is 4.39. The Kier molecular flexibility index (Phi) is 11.2. The Bertz CT molecular complexity index is 4660. The van der Waals surface area contributed by atoms with E-state index in [0.717, 1.165) is 76.8 Å². The number of benzene rings is 14. The molecule has 82 heavy (non-hydrogen) atoms. The number of hydrogen-bond acceptors (Lipinski definition) is 0. The molecule has 0 bridgehead atoms. The molecule has 14 aromatic carbocycles. The lowest BCUT2D eigenvalue weighted by Gasteiger charge is -2.24. The van der Waals surface area contributed by atoms with Crippen molar-refractivity contribution in [2.24, 2.45) is 0 Å². The van der Waals surface area contributed by atoms with Gasteiger partial charge in [-0.2, -0.15) is 0 Å². The van der Waals surface area contributed by atoms with Gasteiger partial charge in [0.1, 0.15) is 0 Å². The van der Waals surface area contributed by atoms with Crippen molar-refractivity contribution in [3.8, 4) is 134 Å². The van der Waals surface area contributed by atoms with Crippen LogP contribution in [0.5, 0.6) is 0 Å². The fourth-order valence-corrected chi connectivity index (χ4v) is 15.0. The summed E-state index contributed by atoms with van der Waals surface area (Å²) < 4.78 is 0. The van der Waals surface area contributed by atoms with E-state index in [2.05, 4.69) is 281 Å². The molecule has 2 aliphatic rings. The number of fused-ring (bicyclic) bond motifs is 7. The van der Waals surface area contributed by atoms with Gasteiger partial charge in [0.15, 0.2) is 0 Å². The molecule has 2 aliphatic carbocycles. The second-order valence-electron chi connectivity index (χ2n) is 22.0. The van der Waals surface area contributed by atoms with Gasteiger partial charge in [0.05, 0.1) is 10.0 Å². The Hall–Kier alpha value is -9.56. The third-order valence-electron chi connectivity index (χ3n) is 17.6. The maximum atomic E-state index is 8.00. The van der Waals surface area contributed by atoms with Crippen molar-refractivity contribution in [3.05, 3.63) is 288 Å². The van der Waals surface area contributed by atoms with Crippen molar-refractivity contribution in [3.63, 3.8) is 0 Å². The zero-order valence-electron chi connectivity index (χ0n) is 45.2. The van der Waals surface area contributed by atoms with Crippen molar-refractivity contribution in [1.29, 1.82) is 0 Å². The van der Waals surface area contributed by atoms with E-state index in [1.54, 1.807) is 0 Å². The van der Waals surface area contributed by atoms with E-state index in [4.69, 9.17) is 23.2 Å². The molecule has 384 valence electrons. The molecule has 0 saturated carbocycles. The molecule has 0 atom stereocenters. The maximum Gasteiger partial charge on any atom is 0.0575 e. The average Bonchev–Trinajstić information content (AvgIpc) is 3.45. The van der Waals surface area contributed by atoms with Crippen LogP contribution >= 0.6 is 23.2 Å². The van der Waals surface area contributed by atoms with Crippen molar-refractivity contribution < 1.29 is 0 Å². The lowest BCUT2D eigenvalue weighted by Crippen LogP contribution is -1.97. The molecule has 0 fully saturated rings. The first-order valence-corrected chi connectivity index (χ1v) is 29.0. The van der Waals surface area contributed by atoms with Gasteiger partial charge < -0.3 is 0 Å². The number of halogens is 2. The number of aryl methyl sites for hydroxylation is 2. The fourth-order valence-electron chi connectivity index (χ4n) is 14.2. The summed E-state index contributed by atoms with van der Waals surface area (Å²) in [6.07, 6.45) is 0. The van der Waals surface area contributed by atoms with Gasteiger partial charge in [-0.3, -0.25) is 0 Å². The van der Waals surface area contributed by atoms with Crippen molar-refractivity contribution in [2.45, 2.75) is 13.8 Å². The second-order valence-corrected chi connectivity index (χ2v) is 22.7. The Balaban J connectivity index is 0.920. The van der Waals surface area contributed by atoms with Gasteiger partial charge in [0, 0.05) is 33.4 Å². The van der Waals surface area contributed by atoms with Crippen LogP contribution in [-0.4, -0.2) is 0 Å². The van der Waals surface area contributed by atoms with Crippen LogP contribution in [0.25, 0.3) is 166 Å². The van der Waals surface area contributed by atoms with E-state index in [-0.39, 0.29) is 0 Å². The van der Waals surface area contributed by atoms with Crippen LogP contribution in [0.15, 0.2) is 267 Å². The van der Waals surface area contributed by atoms with Gasteiger partial charge in [-0.15, -0.1) is 0 Å². The molecular weight excluding hydrogens is 1030 g/mol. The van der Waals surface area contributed by atoms with Crippen LogP contribution < -0.4 is 0 Å². The minimum absolute atomic E-state index is 0.765. The molecule has 0 aromatic heterocycles. The molecular formula is C80H50Cl2. The van der Waals surface area contributed by atoms with E-state index in [9.17, 15) is 0 Å². The summed E-state index contributed by atoms with van der Waals surface area (Å²) in [5, 5.41) is 8.86. The fraction of sp³-hybridized carbons (Fsp3) is 0.0250. The normalized spacial score (nSPS) is 11.9. The third-order valence-corrected chi connectivity index (χ3v) is 18.4. The van der Waals surface area contributed by atoms with E-state index < -0.39 is 0 Å². The Morgan fingerprint density at radius 3 is 0.805 bits per heavy atom. The highest BCUT2D eigenvalue weighted by molar-refractivity contribution is 6.42. The molecule has 0 unspecified atom stereocenters. The summed E-state index contributed by atoms with van der Waals surface area (Å²) in [6, 6.07) is 97.5. The van der Waals surface area contributed by atoms with Gasteiger partial charge >= 0.3 is 0 Å². The minimum atomic E-state index is 0.765. The predicted octanol–water partition coefficient (Wildman–Crippen LogP) is 23.7. The van der Waals surface area contributed by atoms with E-state index in [0.29, 0.717) is 0 Å². The predicted molar refractivity (Wildman–Crippen MR) is 351 cm³/mol. The van der Waals surface area contributed by atoms with Crippen molar-refractivity contribution >= 4 is 55.5 Å². The molecule has 0 saturated heterocycles. The second kappa shape index (κ2) is 19.0. The van der Waals surface area contributed by atoms with Crippen LogP contribution in [0, 0.1) is 13.8 Å². The first-order chi connectivity index (χ1) is 40.4. The molecule has 2 heteroatoms. The van der Waals surface area contributed by atoms with E-state index in [1.807, 2.05) is 0 Å². The first-order valence-electron chi connectivity index (χ1n) is 28.2. The smallest absolute Gasteiger partial charge is 0.0575 e. The Morgan fingerprint density at radius 2 is 0.439 bits per heavy atom. The van der Waals surface area contributed by atoms with Gasteiger partial charge in [0.25, 0.3) is 0 Å². The van der Waals surface area contributed by atoms with Crippen LogP contribution in [0.4, 0.5) is 0 Å². The lowest BCUT2D eigenvalue weighted by molar-refractivity contribution is 1.45. The Morgan fingerprint density at radius 1 is 0.183 bits per heavy atom. The SMILES string of the molecule is Cc1ccccc1-c1c(Cl)c(-c2ccccc2)c2c(c1-c1ccccc1)-c1cccc3c(-c4ccc(-c5ccc6c7c(cccc57)-c5c(-c7ccccc7)c(-c7ccccc7C)c(Cl)c(-c7ccccc7)c5-6)c5ccccc45)ccc-2c13. The summed E-state index contributed by atoms with van der Waals surface area (Å²) in [4.78, 5) is 0. The highest BCUT2D eigenvalue weighted by Crippen LogP contribution is 2.63. The van der Waals surface area contributed by atoms with Crippen LogP contribution in [0.1, 0.15) is 11.1 Å². The summed E-state index contributed by atoms with van der Waals surface area (Å²) in [5.41, 5.74) is 30.1. The summed E-state index contributed by atoms with van der Waals surface area (Å²) in [5.74, 6) is 0. The maximum absolute atomic E-state index is 8.00. The highest BCUT2D eigenvalue weighted by Gasteiger charge is 2.36. The molecule has 16 rings (SSSR count). The molecule has 0 amide bonds. The van der Waals surface area contributed by atoms with Crippen molar-refractivity contribution in [2.75, 3.05) is 0 Å². The molecule has 0 radical (unpaired) electrons. The van der Waals surface area contributed by atoms with E-state index in [1.165, 1.54) is 110 Å². The van der Waals surface area contributed by atoms with Gasteiger partial charge in [0.2, 0.25) is 0 Å². The molecule has 0 nitrogen and oxygen atoms in total. The standard InChI is InChI=1S/C80H50Cl2/c1-47-23-15-17-33-53(47)77-67(49-25-7-3-8-26-49)73-63-39-21-37-61-59(43-45-65(71(61)63)75(73)69(79(77)81)51-29-11-5-12-30-51)57-41-42-58(56-36-20-19-35-55(56)57)60-44-46-66-72-62(60)38-22-40-64(72)74-68(50-27-9-4-10-28-50)78(54-34-18-16-24-48(54)2)80(82)70(76(66)74)52-31-13-6-14-32-52/h3-46H,1-2H3. The lowest BCUT2D eigenvalue weighted by atomic mass is 9.81. The van der Waals surface area contributed by atoms with Crippen LogP contribution in [-0.2, 0) is 0 Å². The van der Waals surface area contributed by atoms with Gasteiger partial charge in [-0.1, -0.05) is 290 Å². The van der Waals surface area contributed by atoms with Crippen LogP contribution in [0.2, 0.25) is 10.0 Å².